The number of ether oxygens (including phenoxy) is 1. The number of carbonyl (C=O) groups is 1. The van der Waals surface area contributed by atoms with Crippen LogP contribution in [0, 0.1) is 0 Å². The van der Waals surface area contributed by atoms with Crippen molar-refractivity contribution in [2.45, 2.75) is 44.7 Å². The molecule has 0 aliphatic carbocycles. The highest BCUT2D eigenvalue weighted by atomic mass is 16.5. The lowest BCUT2D eigenvalue weighted by molar-refractivity contribution is -0.135. The van der Waals surface area contributed by atoms with Crippen molar-refractivity contribution >= 4 is 22.8 Å². The molecule has 162 valence electrons. The summed E-state index contributed by atoms with van der Waals surface area (Å²) in [5.74, 6) is 0.481. The number of likely N-dealkylation sites (tertiary alicyclic amines) is 1. The van der Waals surface area contributed by atoms with Gasteiger partial charge in [0.15, 0.2) is 5.82 Å². The molecule has 8 nitrogen and oxygen atoms in total. The number of para-hydroxylation sites is 2. The number of fused-ring (bicyclic) bond motifs is 1. The zero-order valence-electron chi connectivity index (χ0n) is 17.3. The molecule has 1 aromatic heterocycles. The van der Waals surface area contributed by atoms with E-state index in [-0.39, 0.29) is 30.5 Å². The summed E-state index contributed by atoms with van der Waals surface area (Å²) in [6.07, 6.45) is 3.90. The minimum Gasteiger partial charge on any atom is -0.396 e. The van der Waals surface area contributed by atoms with Crippen LogP contribution in [0.25, 0.3) is 11.0 Å². The van der Waals surface area contributed by atoms with Gasteiger partial charge in [-0.3, -0.25) is 9.59 Å². The molecule has 2 fully saturated rings. The number of aliphatic hydroxyl groups excluding tert-OH is 1. The third-order valence-electron chi connectivity index (χ3n) is 6.11. The van der Waals surface area contributed by atoms with Gasteiger partial charge in [-0.05, 0) is 37.8 Å². The van der Waals surface area contributed by atoms with Crippen molar-refractivity contribution in [2.75, 3.05) is 44.4 Å². The summed E-state index contributed by atoms with van der Waals surface area (Å²) in [6, 6.07) is 7.68. The van der Waals surface area contributed by atoms with E-state index in [9.17, 15) is 14.7 Å². The Morgan fingerprint density at radius 2 is 1.97 bits per heavy atom. The molecule has 2 aliphatic heterocycles. The molecule has 2 aliphatic rings. The highest BCUT2D eigenvalue weighted by Gasteiger charge is 2.26. The van der Waals surface area contributed by atoms with Crippen LogP contribution >= 0.6 is 0 Å². The largest absolute Gasteiger partial charge is 0.396 e. The average molecular weight is 415 g/mol. The van der Waals surface area contributed by atoms with Gasteiger partial charge in [0.1, 0.15) is 0 Å². The van der Waals surface area contributed by atoms with Gasteiger partial charge in [-0.1, -0.05) is 12.1 Å². The molecule has 1 N–H and O–H groups in total. The molecule has 30 heavy (non-hydrogen) atoms. The fourth-order valence-electron chi connectivity index (χ4n) is 4.51. The van der Waals surface area contributed by atoms with Crippen LogP contribution in [-0.2, 0) is 16.1 Å². The number of anilines is 1. The first-order valence-corrected chi connectivity index (χ1v) is 10.9. The Bertz CT molecular complexity index is 936. The maximum atomic E-state index is 13.3. The Labute approximate surface area is 176 Å². The number of nitrogens with zero attached hydrogens (tertiary/aromatic N) is 4. The summed E-state index contributed by atoms with van der Waals surface area (Å²) >= 11 is 0. The highest BCUT2D eigenvalue weighted by molar-refractivity contribution is 5.78. The number of morpholine rings is 1. The number of benzene rings is 1. The van der Waals surface area contributed by atoms with Crippen LogP contribution in [0.2, 0.25) is 0 Å². The van der Waals surface area contributed by atoms with Crippen molar-refractivity contribution in [2.24, 2.45) is 0 Å². The van der Waals surface area contributed by atoms with Crippen LogP contribution in [-0.4, -0.2) is 71.0 Å². The quantitative estimate of drug-likeness (QED) is 0.769. The third kappa shape index (κ3) is 4.34. The van der Waals surface area contributed by atoms with Crippen molar-refractivity contribution < 1.29 is 14.6 Å². The van der Waals surface area contributed by atoms with Gasteiger partial charge in [0.05, 0.1) is 24.2 Å². The van der Waals surface area contributed by atoms with E-state index in [1.807, 2.05) is 34.1 Å². The molecule has 0 radical (unpaired) electrons. The van der Waals surface area contributed by atoms with Crippen molar-refractivity contribution in [3.8, 4) is 0 Å². The summed E-state index contributed by atoms with van der Waals surface area (Å²) < 4.78 is 7.10. The SMILES string of the molecule is O=C(CCn1c(=O)c(N2CCOCC2)nc2ccccc21)N1CCCCC1CCO. The Morgan fingerprint density at radius 3 is 2.77 bits per heavy atom. The number of aliphatic hydroxyl groups is 1. The van der Waals surface area contributed by atoms with Gasteiger partial charge in [-0.15, -0.1) is 0 Å². The summed E-state index contributed by atoms with van der Waals surface area (Å²) in [5, 5.41) is 9.33. The number of aryl methyl sites for hydroxylation is 1. The second-order valence-electron chi connectivity index (χ2n) is 7.98. The number of carbonyl (C=O) groups excluding carboxylic acids is 1. The standard InChI is InChI=1S/C22H30N4O4/c27-14-9-17-5-3-4-10-25(17)20(28)8-11-26-19-7-2-1-6-18(19)23-21(22(26)29)24-12-15-30-16-13-24/h1-2,6-7,17,27H,3-5,8-16H2. The molecule has 1 atom stereocenters. The molecule has 4 rings (SSSR count). The maximum Gasteiger partial charge on any atom is 0.294 e. The summed E-state index contributed by atoms with van der Waals surface area (Å²) in [6.45, 7) is 3.56. The van der Waals surface area contributed by atoms with Crippen molar-refractivity contribution in [1.29, 1.82) is 0 Å². The fourth-order valence-corrected chi connectivity index (χ4v) is 4.51. The Morgan fingerprint density at radius 1 is 1.17 bits per heavy atom. The van der Waals surface area contributed by atoms with Gasteiger partial charge in [-0.25, -0.2) is 4.98 Å². The molecular formula is C22H30N4O4. The van der Waals surface area contributed by atoms with Gasteiger partial charge >= 0.3 is 0 Å². The van der Waals surface area contributed by atoms with E-state index in [1.54, 1.807) is 4.57 Å². The summed E-state index contributed by atoms with van der Waals surface area (Å²) in [7, 11) is 0. The Hall–Kier alpha value is -2.45. The van der Waals surface area contributed by atoms with Crippen LogP contribution in [0.15, 0.2) is 29.1 Å². The minimum absolute atomic E-state index is 0.0499. The third-order valence-corrected chi connectivity index (χ3v) is 6.11. The van der Waals surface area contributed by atoms with Gasteiger partial charge < -0.3 is 24.2 Å². The number of amides is 1. The number of hydrogen-bond donors (Lipinski definition) is 1. The smallest absolute Gasteiger partial charge is 0.294 e. The lowest BCUT2D eigenvalue weighted by Crippen LogP contribution is -2.45. The minimum atomic E-state index is -0.158. The van der Waals surface area contributed by atoms with E-state index in [0.717, 1.165) is 36.8 Å². The first kappa shape index (κ1) is 20.8. The Kier molecular flexibility index (Phi) is 6.64. The molecule has 1 amide bonds. The first-order chi connectivity index (χ1) is 14.7. The van der Waals surface area contributed by atoms with E-state index in [4.69, 9.17) is 4.74 Å². The first-order valence-electron chi connectivity index (χ1n) is 10.9. The van der Waals surface area contributed by atoms with Crippen LogP contribution in [0.3, 0.4) is 0 Å². The van der Waals surface area contributed by atoms with Crippen molar-refractivity contribution in [3.63, 3.8) is 0 Å². The maximum absolute atomic E-state index is 13.3. The molecule has 0 bridgehead atoms. The van der Waals surface area contributed by atoms with E-state index >= 15 is 0 Å². The normalized spacial score (nSPS) is 20.0. The predicted octanol–water partition coefficient (Wildman–Crippen LogP) is 1.39. The van der Waals surface area contributed by atoms with E-state index < -0.39 is 0 Å². The number of piperidine rings is 1. The monoisotopic (exact) mass is 414 g/mol. The van der Waals surface area contributed by atoms with Gasteiger partial charge in [0.25, 0.3) is 5.56 Å². The molecule has 2 saturated heterocycles. The summed E-state index contributed by atoms with van der Waals surface area (Å²) in [4.78, 5) is 34.8. The lowest BCUT2D eigenvalue weighted by atomic mass is 9.99. The predicted molar refractivity (Wildman–Crippen MR) is 115 cm³/mol. The topological polar surface area (TPSA) is 87.9 Å². The van der Waals surface area contributed by atoms with Crippen LogP contribution < -0.4 is 10.5 Å². The van der Waals surface area contributed by atoms with Crippen LogP contribution in [0.4, 0.5) is 5.82 Å². The molecule has 8 heteroatoms. The number of rotatable bonds is 6. The zero-order chi connectivity index (χ0) is 20.9. The zero-order valence-corrected chi connectivity index (χ0v) is 17.3. The molecule has 3 heterocycles. The number of hydrogen-bond acceptors (Lipinski definition) is 6. The average Bonchev–Trinajstić information content (AvgIpc) is 2.79. The van der Waals surface area contributed by atoms with Crippen LogP contribution in [0.5, 0.6) is 0 Å². The number of aromatic nitrogens is 2. The fraction of sp³-hybridized carbons (Fsp3) is 0.591. The van der Waals surface area contributed by atoms with Crippen LogP contribution in [0.1, 0.15) is 32.1 Å². The molecule has 0 spiro atoms. The molecular weight excluding hydrogens is 384 g/mol. The molecule has 1 aromatic carbocycles. The van der Waals surface area contributed by atoms with Crippen molar-refractivity contribution in [3.05, 3.63) is 34.6 Å². The lowest BCUT2D eigenvalue weighted by Gasteiger charge is -2.35. The van der Waals surface area contributed by atoms with Crippen molar-refractivity contribution in [1.82, 2.24) is 14.5 Å². The van der Waals surface area contributed by atoms with Gasteiger partial charge in [-0.2, -0.15) is 0 Å². The second kappa shape index (κ2) is 9.57. The second-order valence-corrected chi connectivity index (χ2v) is 7.98. The molecule has 2 aromatic rings. The van der Waals surface area contributed by atoms with E-state index in [2.05, 4.69) is 4.98 Å². The Balaban J connectivity index is 1.59. The summed E-state index contributed by atoms with van der Waals surface area (Å²) in [5.41, 5.74) is 1.34. The van der Waals surface area contributed by atoms with E-state index in [0.29, 0.717) is 45.1 Å². The molecule has 0 saturated carbocycles. The van der Waals surface area contributed by atoms with Gasteiger partial charge in [0.2, 0.25) is 5.91 Å². The molecule has 1 unspecified atom stereocenters. The highest BCUT2D eigenvalue weighted by Crippen LogP contribution is 2.21. The van der Waals surface area contributed by atoms with Gasteiger partial charge in [0, 0.05) is 45.2 Å². The van der Waals surface area contributed by atoms with E-state index in [1.165, 1.54) is 0 Å².